The molecule has 0 bridgehead atoms. The van der Waals surface area contributed by atoms with E-state index >= 15 is 0 Å². The lowest BCUT2D eigenvalue weighted by Crippen LogP contribution is -2.00. The quantitative estimate of drug-likeness (QED) is 0.0334. The Morgan fingerprint density at radius 1 is 0.114 bits per heavy atom. The first-order chi connectivity index (χ1) is 56.3. The van der Waals surface area contributed by atoms with E-state index < -0.39 is 0 Å². The van der Waals surface area contributed by atoms with Gasteiger partial charge in [0, 0.05) is 0 Å². The maximum atomic E-state index is 2.59. The minimum atomic E-state index is 1.11. The number of rotatable bonds is 48. The van der Waals surface area contributed by atoms with Crippen molar-refractivity contribution in [2.24, 2.45) is 0 Å². The maximum absolute atomic E-state index is 2.59. The minimum absolute atomic E-state index is 1.11. The molecule has 594 valence electrons. The van der Waals surface area contributed by atoms with Crippen LogP contribution in [0.15, 0.2) is 218 Å². The first-order valence-corrected chi connectivity index (χ1v) is 46.7. The topological polar surface area (TPSA) is 0 Å². The van der Waals surface area contributed by atoms with Crippen LogP contribution in [-0.2, 0) is 38.5 Å². The second-order valence-corrected chi connectivity index (χ2v) is 34.7. The van der Waals surface area contributed by atoms with Crippen LogP contribution in [0.25, 0.3) is 134 Å². The van der Waals surface area contributed by atoms with Gasteiger partial charge < -0.3 is 0 Å². The van der Waals surface area contributed by atoms with Gasteiger partial charge in [-0.1, -0.05) is 380 Å². The van der Waals surface area contributed by atoms with Crippen molar-refractivity contribution >= 4 is 0 Å². The van der Waals surface area contributed by atoms with Gasteiger partial charge >= 0.3 is 0 Å². The van der Waals surface area contributed by atoms with Crippen LogP contribution in [0, 0.1) is 0 Å². The van der Waals surface area contributed by atoms with E-state index in [-0.39, 0.29) is 0 Å². The molecule has 0 aromatic heterocycles. The van der Waals surface area contributed by atoms with E-state index in [1.54, 1.807) is 0 Å². The summed E-state index contributed by atoms with van der Waals surface area (Å²) in [4.78, 5) is 0. The van der Waals surface area contributed by atoms with Gasteiger partial charge in [0.2, 0.25) is 0 Å². The lowest BCUT2D eigenvalue weighted by molar-refractivity contribution is 0.607. The lowest BCUT2D eigenvalue weighted by Gasteiger charge is -2.27. The van der Waals surface area contributed by atoms with Crippen LogP contribution in [0.5, 0.6) is 0 Å². The Morgan fingerprint density at radius 3 is 0.333 bits per heavy atom. The Balaban J connectivity index is 1.10. The van der Waals surface area contributed by atoms with Crippen LogP contribution >= 0.6 is 0 Å². The molecule has 0 fully saturated rings. The maximum Gasteiger partial charge on any atom is -0.00134 e. The van der Waals surface area contributed by atoms with Crippen LogP contribution in [-0.4, -0.2) is 0 Å². The highest BCUT2D eigenvalue weighted by Gasteiger charge is 2.34. The van der Waals surface area contributed by atoms with E-state index in [1.807, 2.05) is 0 Å². The molecule has 0 amide bonds. The minimum Gasteiger partial charge on any atom is -0.0654 e. The van der Waals surface area contributed by atoms with Crippen molar-refractivity contribution in [1.82, 2.24) is 0 Å². The highest BCUT2D eigenvalue weighted by molar-refractivity contribution is 6.18. The van der Waals surface area contributed by atoms with Crippen LogP contribution < -0.4 is 0 Å². The Morgan fingerprint density at radius 2 is 0.219 bits per heavy atom. The normalized spacial score (nSPS) is 11.8. The van der Waals surface area contributed by atoms with E-state index in [9.17, 15) is 0 Å². The first kappa shape index (κ1) is 83.4. The van der Waals surface area contributed by atoms with Gasteiger partial charge in [-0.15, -0.1) is 0 Å². The third kappa shape index (κ3) is 22.5. The number of unbranched alkanes of at least 4 members (excludes halogenated alkanes) is 30. The van der Waals surface area contributed by atoms with E-state index in [1.165, 1.54) is 398 Å². The molecule has 0 heterocycles. The fourth-order valence-electron chi connectivity index (χ4n) is 18.7. The SMILES string of the molecule is CCCCCCCCc1ccc2cc(-c3c(-c4cc5ccc(CCCCCCCC)ccc-5c4)c(-c4cc5ccc(CCCCCCCC)ccc-5c4)c(-c4cc5ccc(CCCCCCCC)ccc-5c4)c(-c4cc5ccc(CCCCCCCC)ccc-5c4)c3-c3cc4ccc(CCCCCCCC)ccc-4c3)cc-2cc1. The van der Waals surface area contributed by atoms with Crippen molar-refractivity contribution < 1.29 is 0 Å². The molecule has 0 radical (unpaired) electrons. The zero-order chi connectivity index (χ0) is 78.5. The molecule has 12 aliphatic carbocycles. The molecule has 0 atom stereocenters. The third-order valence-electron chi connectivity index (χ3n) is 25.6. The summed E-state index contributed by atoms with van der Waals surface area (Å²) in [5, 5.41) is 0. The Labute approximate surface area is 692 Å². The van der Waals surface area contributed by atoms with Crippen molar-refractivity contribution in [3.05, 3.63) is 252 Å². The second-order valence-electron chi connectivity index (χ2n) is 34.7. The molecule has 0 unspecified atom stereocenters. The predicted octanol–water partition coefficient (Wildman–Crippen LogP) is 35.7. The number of hydrogen-bond donors (Lipinski definition) is 0. The molecule has 0 aliphatic heterocycles. The highest BCUT2D eigenvalue weighted by atomic mass is 14.4. The molecule has 0 spiro atoms. The predicted molar refractivity (Wildman–Crippen MR) is 501 cm³/mol. The summed E-state index contributed by atoms with van der Waals surface area (Å²) in [5.41, 5.74) is 39.5. The average Bonchev–Trinajstić information content (AvgIpc) is 1.50. The van der Waals surface area contributed by atoms with E-state index in [0.717, 1.165) is 38.5 Å². The molecule has 0 saturated heterocycles. The van der Waals surface area contributed by atoms with Gasteiger partial charge in [-0.25, -0.2) is 0 Å². The molecular weight excluding hydrogens is 1370 g/mol. The van der Waals surface area contributed by atoms with Gasteiger partial charge in [-0.3, -0.25) is 0 Å². The van der Waals surface area contributed by atoms with E-state index in [4.69, 9.17) is 0 Å². The van der Waals surface area contributed by atoms with Gasteiger partial charge in [0.15, 0.2) is 0 Å². The molecule has 1 aromatic carbocycles. The van der Waals surface area contributed by atoms with Crippen molar-refractivity contribution in [2.45, 2.75) is 311 Å². The standard InChI is InChI=1S/C114H138/c1-7-13-19-25-31-37-43-85-49-61-91-73-103(74-92(91)62-50-85)109-110(104-75-93-63-51-86(52-64-94(93)76-104)44-38-32-26-20-14-8-2)112(106-79-97-67-55-88(56-68-98(97)80-106)46-40-34-28-22-16-10-4)114(108-83-101-71-59-90(60-72-102(101)84-108)48-42-36-30-24-18-12-6)113(107-81-99-69-57-89(58-70-100(99)82-107)47-41-35-29-23-17-11-5)111(109)105-77-95-65-53-87(54-66-96(95)78-105)45-39-33-27-21-15-9-3/h49-84H,7-48H2,1-6H3. The van der Waals surface area contributed by atoms with Gasteiger partial charge in [-0.2, -0.15) is 0 Å². The molecule has 0 N–H and O–H groups in total. The van der Waals surface area contributed by atoms with Gasteiger partial charge in [-0.05, 0) is 317 Å². The molecule has 0 saturated carbocycles. The molecule has 0 nitrogen and oxygen atoms in total. The van der Waals surface area contributed by atoms with Gasteiger partial charge in [0.1, 0.15) is 0 Å². The van der Waals surface area contributed by atoms with Crippen molar-refractivity contribution in [3.8, 4) is 134 Å². The van der Waals surface area contributed by atoms with Gasteiger partial charge in [0.25, 0.3) is 0 Å². The van der Waals surface area contributed by atoms with E-state index in [2.05, 4.69) is 260 Å². The fraction of sp³-hybridized carbons (Fsp3) is 0.421. The number of fused-ring (bicyclic) bond motifs is 6. The lowest BCUT2D eigenvalue weighted by atomic mass is 9.75. The number of hydrogen-bond acceptors (Lipinski definition) is 0. The van der Waals surface area contributed by atoms with Crippen molar-refractivity contribution in [3.63, 3.8) is 0 Å². The summed E-state index contributed by atoms with van der Waals surface area (Å²) >= 11 is 0. The largest absolute Gasteiger partial charge is 0.0654 e. The van der Waals surface area contributed by atoms with Crippen LogP contribution in [0.4, 0.5) is 0 Å². The summed E-state index contributed by atoms with van der Waals surface area (Å²) in [7, 11) is 0. The zero-order valence-electron chi connectivity index (χ0n) is 71.5. The summed E-state index contributed by atoms with van der Waals surface area (Å²) in [6.45, 7) is 13.9. The van der Waals surface area contributed by atoms with E-state index in [0.29, 0.717) is 0 Å². The Hall–Kier alpha value is -8.58. The van der Waals surface area contributed by atoms with Crippen LogP contribution in [0.1, 0.15) is 306 Å². The Kier molecular flexibility index (Phi) is 32.1. The van der Waals surface area contributed by atoms with Crippen molar-refractivity contribution in [1.29, 1.82) is 0 Å². The second kappa shape index (κ2) is 43.9. The summed E-state index contributed by atoms with van der Waals surface area (Å²) in [6, 6.07) is 90.1. The molecule has 12 aliphatic rings. The molecule has 13 rings (SSSR count). The average molecular weight is 1510 g/mol. The summed E-state index contributed by atoms with van der Waals surface area (Å²) in [6.07, 6.45) is 53.5. The van der Waals surface area contributed by atoms with Crippen LogP contribution in [0.3, 0.4) is 0 Å². The van der Waals surface area contributed by atoms with Gasteiger partial charge in [0.05, 0.1) is 0 Å². The summed E-state index contributed by atoms with van der Waals surface area (Å²) < 4.78 is 0. The smallest absolute Gasteiger partial charge is 0.00134 e. The zero-order valence-corrected chi connectivity index (χ0v) is 71.5. The molecular formula is C114H138. The monoisotopic (exact) mass is 1510 g/mol. The van der Waals surface area contributed by atoms with Crippen molar-refractivity contribution in [2.75, 3.05) is 0 Å². The number of benzene rings is 1. The molecule has 0 heteroatoms. The fourth-order valence-corrected chi connectivity index (χ4v) is 18.7. The molecule has 1 aromatic rings. The highest BCUT2D eigenvalue weighted by Crippen LogP contribution is 2.60. The number of aryl methyl sites for hydroxylation is 6. The molecule has 114 heavy (non-hydrogen) atoms. The first-order valence-electron chi connectivity index (χ1n) is 46.7. The third-order valence-corrected chi connectivity index (χ3v) is 25.6. The van der Waals surface area contributed by atoms with Crippen LogP contribution in [0.2, 0.25) is 0 Å². The summed E-state index contributed by atoms with van der Waals surface area (Å²) in [5.74, 6) is 0. The Bertz CT molecular complexity index is 3840.